The quantitative estimate of drug-likeness (QED) is 0.502. The molecule has 4 heterocycles. The van der Waals surface area contributed by atoms with Crippen molar-refractivity contribution in [2.45, 2.75) is 39.5 Å². The first-order valence-electron chi connectivity index (χ1n) is 11.5. The maximum Gasteiger partial charge on any atom is 0.341 e. The van der Waals surface area contributed by atoms with Gasteiger partial charge in [-0.1, -0.05) is 25.4 Å². The van der Waals surface area contributed by atoms with Crippen LogP contribution >= 0.6 is 11.6 Å². The molecule has 1 atom stereocenters. The molecule has 1 amide bonds. The predicted octanol–water partition coefficient (Wildman–Crippen LogP) is 4.27. The van der Waals surface area contributed by atoms with Crippen LogP contribution in [0, 0.1) is 10.8 Å². The lowest BCUT2D eigenvalue weighted by Crippen LogP contribution is -2.47. The van der Waals surface area contributed by atoms with Crippen LogP contribution in [0.3, 0.4) is 0 Å². The smallest absolute Gasteiger partial charge is 0.341 e. The van der Waals surface area contributed by atoms with Gasteiger partial charge in [0.1, 0.15) is 16.7 Å². The van der Waals surface area contributed by atoms with Crippen LogP contribution in [0.25, 0.3) is 0 Å². The monoisotopic (exact) mass is 495 g/mol. The van der Waals surface area contributed by atoms with Crippen molar-refractivity contribution < 1.29 is 14.3 Å². The van der Waals surface area contributed by atoms with E-state index in [9.17, 15) is 9.59 Å². The summed E-state index contributed by atoms with van der Waals surface area (Å²) in [7, 11) is 0. The van der Waals surface area contributed by atoms with Gasteiger partial charge in [-0.05, 0) is 55.4 Å². The highest BCUT2D eigenvalue weighted by Gasteiger charge is 2.50. The fraction of sp³-hybridized carbons (Fsp3) is 0.417. The normalized spacial score (nSPS) is 21.3. The number of nitrogens with zero attached hydrogens (tertiary/aromatic N) is 5. The first-order valence-corrected chi connectivity index (χ1v) is 11.9. The zero-order valence-electron chi connectivity index (χ0n) is 19.5. The van der Waals surface area contributed by atoms with Crippen molar-refractivity contribution >= 4 is 34.8 Å². The van der Waals surface area contributed by atoms with Crippen molar-refractivity contribution in [3.63, 3.8) is 0 Å². The molecule has 1 unspecified atom stereocenters. The van der Waals surface area contributed by atoms with E-state index in [1.807, 2.05) is 11.0 Å². The van der Waals surface area contributed by atoms with Gasteiger partial charge in [-0.25, -0.2) is 9.97 Å². The summed E-state index contributed by atoms with van der Waals surface area (Å²) < 4.78 is 5.45. The second-order valence-corrected chi connectivity index (χ2v) is 10.3. The Kier molecular flexibility index (Phi) is 5.92. The third-order valence-corrected chi connectivity index (χ3v) is 7.03. The van der Waals surface area contributed by atoms with E-state index in [1.165, 1.54) is 6.20 Å². The van der Waals surface area contributed by atoms with E-state index in [-0.39, 0.29) is 22.7 Å². The van der Waals surface area contributed by atoms with Gasteiger partial charge in [0.05, 0.1) is 24.6 Å². The molecule has 1 spiro atoms. The Morgan fingerprint density at radius 1 is 1.14 bits per heavy atom. The molecule has 35 heavy (non-hydrogen) atoms. The summed E-state index contributed by atoms with van der Waals surface area (Å²) in [6.45, 7) is 5.67. The molecule has 1 saturated heterocycles. The summed E-state index contributed by atoms with van der Waals surface area (Å²) in [5, 5.41) is 9.49. The zero-order chi connectivity index (χ0) is 24.6. The first kappa shape index (κ1) is 23.2. The number of piperidine rings is 1. The van der Waals surface area contributed by atoms with Crippen molar-refractivity contribution in [2.75, 3.05) is 23.3 Å². The summed E-state index contributed by atoms with van der Waals surface area (Å²) >= 11 is 5.75. The van der Waals surface area contributed by atoms with E-state index >= 15 is 0 Å². The van der Waals surface area contributed by atoms with Crippen LogP contribution in [0.1, 0.15) is 50.1 Å². The van der Waals surface area contributed by atoms with E-state index in [0.717, 1.165) is 38.0 Å². The molecule has 11 heteroatoms. The summed E-state index contributed by atoms with van der Waals surface area (Å²) in [5.74, 6) is 0.910. The molecular weight excluding hydrogens is 470 g/mol. The third kappa shape index (κ3) is 4.97. The molecule has 10 nitrogen and oxygen atoms in total. The number of amides is 1. The number of rotatable bonds is 5. The van der Waals surface area contributed by atoms with Gasteiger partial charge < -0.3 is 15.0 Å². The summed E-state index contributed by atoms with van der Waals surface area (Å²) in [6, 6.07) is 6.72. The Morgan fingerprint density at radius 2 is 2.00 bits per heavy atom. The maximum absolute atomic E-state index is 13.0. The van der Waals surface area contributed by atoms with E-state index < -0.39 is 5.91 Å². The van der Waals surface area contributed by atoms with Crippen molar-refractivity contribution in [3.8, 4) is 11.8 Å². The summed E-state index contributed by atoms with van der Waals surface area (Å²) in [6.07, 6.45) is 6.90. The number of aromatic amines is 1. The van der Waals surface area contributed by atoms with Crippen LogP contribution in [-0.2, 0) is 4.79 Å². The molecular formula is C24H26ClN7O3. The minimum atomic E-state index is -0.491. The predicted molar refractivity (Wildman–Crippen MR) is 130 cm³/mol. The van der Waals surface area contributed by atoms with Gasteiger partial charge in [0, 0.05) is 12.0 Å². The number of hydrogen-bond acceptors (Lipinski definition) is 8. The molecule has 0 radical (unpaired) electrons. The number of halogens is 1. The number of pyridine rings is 2. The Hall–Kier alpha value is -3.53. The number of hydrogen-bond donors (Lipinski definition) is 2. The Labute approximate surface area is 207 Å². The SMILES string of the molecule is CC1(C)CCC2(CCN(c3ccc(NC(=O)c4nc(Oc5ccc(Cl)nc5)n[nH]4)cn3)CC2=O)C1. The maximum atomic E-state index is 13.0. The fourth-order valence-electron chi connectivity index (χ4n) is 4.98. The molecule has 0 aromatic carbocycles. The second-order valence-electron chi connectivity index (χ2n) is 9.96. The number of ether oxygens (including phenoxy) is 1. The Balaban J connectivity index is 1.18. The molecule has 1 aliphatic carbocycles. The topological polar surface area (TPSA) is 126 Å². The van der Waals surface area contributed by atoms with Gasteiger partial charge in [0.15, 0.2) is 5.78 Å². The second kappa shape index (κ2) is 8.92. The average molecular weight is 496 g/mol. The number of H-pyrrole nitrogens is 1. The lowest BCUT2D eigenvalue weighted by molar-refractivity contribution is -0.129. The molecule has 3 aromatic heterocycles. The van der Waals surface area contributed by atoms with Crippen LogP contribution in [0.5, 0.6) is 11.8 Å². The number of ketones is 1. The van der Waals surface area contributed by atoms with Gasteiger partial charge in [-0.2, -0.15) is 4.98 Å². The van der Waals surface area contributed by atoms with Crippen LogP contribution in [-0.4, -0.2) is 49.9 Å². The molecule has 3 aromatic rings. The molecule has 1 aliphatic heterocycles. The highest BCUT2D eigenvalue weighted by molar-refractivity contribution is 6.29. The fourth-order valence-corrected chi connectivity index (χ4v) is 5.10. The van der Waals surface area contributed by atoms with Crippen LogP contribution < -0.4 is 15.0 Å². The molecule has 0 bridgehead atoms. The van der Waals surface area contributed by atoms with E-state index in [0.29, 0.717) is 28.9 Å². The molecule has 182 valence electrons. The zero-order valence-corrected chi connectivity index (χ0v) is 20.3. The van der Waals surface area contributed by atoms with E-state index in [1.54, 1.807) is 24.4 Å². The van der Waals surface area contributed by atoms with Gasteiger partial charge in [0.25, 0.3) is 5.91 Å². The van der Waals surface area contributed by atoms with E-state index in [2.05, 4.69) is 44.3 Å². The van der Waals surface area contributed by atoms with Crippen LogP contribution in [0.4, 0.5) is 11.5 Å². The van der Waals surface area contributed by atoms with Gasteiger partial charge in [-0.15, -0.1) is 5.10 Å². The lowest BCUT2D eigenvalue weighted by Gasteiger charge is -2.39. The first-order chi connectivity index (χ1) is 16.7. The standard InChI is InChI=1S/C24H26ClN7O3/c1-23(2)7-8-24(14-23)9-10-32(13-17(24)33)19-6-3-15(11-27-19)28-21(34)20-29-22(31-30-20)35-16-4-5-18(25)26-12-16/h3-6,11-12H,7-10,13-14H2,1-2H3,(H,28,34)(H,29,30,31). The molecule has 2 aliphatic rings. The minimum absolute atomic E-state index is 0.0163. The largest absolute Gasteiger partial charge is 0.422 e. The number of Topliss-reactive ketones (excluding diaryl/α,β-unsaturated/α-hetero) is 1. The number of nitrogens with one attached hydrogen (secondary N) is 2. The van der Waals surface area contributed by atoms with Crippen molar-refractivity contribution in [3.05, 3.63) is 47.6 Å². The number of carbonyl (C=O) groups excluding carboxylic acids is 2. The van der Waals surface area contributed by atoms with Gasteiger partial charge in [0.2, 0.25) is 5.82 Å². The minimum Gasteiger partial charge on any atom is -0.422 e. The Bertz CT molecular complexity index is 1240. The van der Waals surface area contributed by atoms with Crippen LogP contribution in [0.2, 0.25) is 5.15 Å². The Morgan fingerprint density at radius 3 is 2.66 bits per heavy atom. The third-order valence-electron chi connectivity index (χ3n) is 6.80. The van der Waals surface area contributed by atoms with Crippen molar-refractivity contribution in [1.82, 2.24) is 25.1 Å². The lowest BCUT2D eigenvalue weighted by atomic mass is 9.73. The average Bonchev–Trinajstić information content (AvgIpc) is 3.42. The van der Waals surface area contributed by atoms with E-state index in [4.69, 9.17) is 16.3 Å². The van der Waals surface area contributed by atoms with Gasteiger partial charge >= 0.3 is 6.01 Å². The molecule has 1 saturated carbocycles. The number of aromatic nitrogens is 5. The molecule has 2 fully saturated rings. The highest BCUT2D eigenvalue weighted by Crippen LogP contribution is 2.53. The number of anilines is 2. The van der Waals surface area contributed by atoms with Crippen LogP contribution in [0.15, 0.2) is 36.7 Å². The molecule has 2 N–H and O–H groups in total. The highest BCUT2D eigenvalue weighted by atomic mass is 35.5. The molecule has 5 rings (SSSR count). The summed E-state index contributed by atoms with van der Waals surface area (Å²) in [4.78, 5) is 40.0. The summed E-state index contributed by atoms with van der Waals surface area (Å²) in [5.41, 5.74) is 0.564. The van der Waals surface area contributed by atoms with Gasteiger partial charge in [-0.3, -0.25) is 14.7 Å². The van der Waals surface area contributed by atoms with Crippen molar-refractivity contribution in [2.24, 2.45) is 10.8 Å². The van der Waals surface area contributed by atoms with Crippen molar-refractivity contribution in [1.29, 1.82) is 0 Å². The number of carbonyl (C=O) groups is 2.